The standard InChI is InChI=1S/C25H22N2O5/c1-29-19-11-9-18(10-12-19)26-24(28)16-31-22-13-7-17(15-23(22)30-2)8-14-25-27-20-5-3-4-6-21(20)32-25/h3-15H,16H2,1-2H3,(H,26,28)/b14-8+. The quantitative estimate of drug-likeness (QED) is 0.422. The van der Waals surface area contributed by atoms with E-state index in [1.54, 1.807) is 50.6 Å². The minimum absolute atomic E-state index is 0.152. The molecule has 0 saturated heterocycles. The maximum Gasteiger partial charge on any atom is 0.262 e. The van der Waals surface area contributed by atoms with Gasteiger partial charge in [0.25, 0.3) is 5.91 Å². The molecule has 1 aromatic heterocycles. The molecule has 0 atom stereocenters. The van der Waals surface area contributed by atoms with Gasteiger partial charge in [-0.1, -0.05) is 18.2 Å². The number of para-hydroxylation sites is 2. The third-order valence-electron chi connectivity index (χ3n) is 4.65. The molecule has 0 spiro atoms. The van der Waals surface area contributed by atoms with E-state index < -0.39 is 0 Å². The van der Waals surface area contributed by atoms with Crippen LogP contribution in [0.15, 0.2) is 71.1 Å². The van der Waals surface area contributed by atoms with Gasteiger partial charge in [0, 0.05) is 11.8 Å². The third kappa shape index (κ3) is 5.07. The summed E-state index contributed by atoms with van der Waals surface area (Å²) in [7, 11) is 3.14. The molecule has 1 N–H and O–H groups in total. The largest absolute Gasteiger partial charge is 0.497 e. The van der Waals surface area contributed by atoms with Crippen molar-refractivity contribution < 1.29 is 23.4 Å². The molecular formula is C25H22N2O5. The van der Waals surface area contributed by atoms with Crippen molar-refractivity contribution in [1.29, 1.82) is 0 Å². The molecule has 1 amide bonds. The number of rotatable bonds is 8. The molecule has 7 nitrogen and oxygen atoms in total. The van der Waals surface area contributed by atoms with Crippen molar-refractivity contribution in [3.05, 3.63) is 78.2 Å². The number of aromatic nitrogens is 1. The summed E-state index contributed by atoms with van der Waals surface area (Å²) in [5.41, 5.74) is 3.08. The monoisotopic (exact) mass is 430 g/mol. The van der Waals surface area contributed by atoms with Crippen LogP contribution in [-0.4, -0.2) is 31.7 Å². The van der Waals surface area contributed by atoms with Crippen LogP contribution in [0.3, 0.4) is 0 Å². The second-order valence-electron chi connectivity index (χ2n) is 6.83. The van der Waals surface area contributed by atoms with Crippen LogP contribution in [0.2, 0.25) is 0 Å². The van der Waals surface area contributed by atoms with Gasteiger partial charge >= 0.3 is 0 Å². The number of anilines is 1. The molecule has 0 saturated carbocycles. The van der Waals surface area contributed by atoms with Crippen LogP contribution in [0.5, 0.6) is 17.2 Å². The summed E-state index contributed by atoms with van der Waals surface area (Å²) in [6, 6.07) is 20.1. The zero-order valence-electron chi connectivity index (χ0n) is 17.7. The number of oxazole rings is 1. The summed E-state index contributed by atoms with van der Waals surface area (Å²) < 4.78 is 21.9. The molecule has 0 aliphatic rings. The summed E-state index contributed by atoms with van der Waals surface area (Å²) in [6.45, 7) is -0.152. The summed E-state index contributed by atoms with van der Waals surface area (Å²) >= 11 is 0. The van der Waals surface area contributed by atoms with E-state index in [0.29, 0.717) is 28.8 Å². The maximum absolute atomic E-state index is 12.2. The van der Waals surface area contributed by atoms with Crippen molar-refractivity contribution in [2.75, 3.05) is 26.1 Å². The fourth-order valence-electron chi connectivity index (χ4n) is 3.05. The SMILES string of the molecule is COc1ccc(NC(=O)COc2ccc(/C=C/c3nc4ccccc4o3)cc2OC)cc1. The topological polar surface area (TPSA) is 82.8 Å². The average molecular weight is 430 g/mol. The van der Waals surface area contributed by atoms with E-state index in [2.05, 4.69) is 10.3 Å². The van der Waals surface area contributed by atoms with Crippen molar-refractivity contribution in [1.82, 2.24) is 4.98 Å². The van der Waals surface area contributed by atoms with Crippen molar-refractivity contribution in [2.45, 2.75) is 0 Å². The van der Waals surface area contributed by atoms with Crippen molar-refractivity contribution in [2.24, 2.45) is 0 Å². The Labute approximate surface area is 185 Å². The highest BCUT2D eigenvalue weighted by Crippen LogP contribution is 2.29. The zero-order chi connectivity index (χ0) is 22.3. The zero-order valence-corrected chi connectivity index (χ0v) is 17.7. The first-order valence-corrected chi connectivity index (χ1v) is 9.93. The Morgan fingerprint density at radius 2 is 1.78 bits per heavy atom. The number of hydrogen-bond acceptors (Lipinski definition) is 6. The number of carbonyl (C=O) groups is 1. The number of fused-ring (bicyclic) bond motifs is 1. The first-order chi connectivity index (χ1) is 15.6. The number of carbonyl (C=O) groups excluding carboxylic acids is 1. The van der Waals surface area contributed by atoms with Gasteiger partial charge < -0.3 is 23.9 Å². The molecule has 0 bridgehead atoms. The van der Waals surface area contributed by atoms with E-state index in [-0.39, 0.29) is 12.5 Å². The lowest BCUT2D eigenvalue weighted by Crippen LogP contribution is -2.20. The lowest BCUT2D eigenvalue weighted by Gasteiger charge is -2.11. The highest BCUT2D eigenvalue weighted by Gasteiger charge is 2.09. The van der Waals surface area contributed by atoms with Crippen molar-refractivity contribution in [3.63, 3.8) is 0 Å². The Bertz CT molecular complexity index is 1210. The molecule has 7 heteroatoms. The summed E-state index contributed by atoms with van der Waals surface area (Å²) in [5.74, 6) is 1.94. The van der Waals surface area contributed by atoms with E-state index in [4.69, 9.17) is 18.6 Å². The van der Waals surface area contributed by atoms with Gasteiger partial charge in [-0.15, -0.1) is 0 Å². The fourth-order valence-corrected chi connectivity index (χ4v) is 3.05. The van der Waals surface area contributed by atoms with Crippen LogP contribution in [0.1, 0.15) is 11.5 Å². The third-order valence-corrected chi connectivity index (χ3v) is 4.65. The minimum atomic E-state index is -0.280. The van der Waals surface area contributed by atoms with Gasteiger partial charge in [-0.05, 0) is 60.2 Å². The van der Waals surface area contributed by atoms with Crippen molar-refractivity contribution >= 4 is 34.8 Å². The predicted molar refractivity (Wildman–Crippen MR) is 123 cm³/mol. The fraction of sp³-hybridized carbons (Fsp3) is 0.120. The molecular weight excluding hydrogens is 408 g/mol. The van der Waals surface area contributed by atoms with Crippen LogP contribution in [0.4, 0.5) is 5.69 Å². The lowest BCUT2D eigenvalue weighted by molar-refractivity contribution is -0.118. The normalized spacial score (nSPS) is 10.9. The van der Waals surface area contributed by atoms with E-state index in [1.807, 2.05) is 42.5 Å². The van der Waals surface area contributed by atoms with E-state index in [9.17, 15) is 4.79 Å². The number of benzene rings is 3. The van der Waals surface area contributed by atoms with E-state index in [0.717, 1.165) is 16.7 Å². The first kappa shape index (κ1) is 21.0. The number of ether oxygens (including phenoxy) is 3. The van der Waals surface area contributed by atoms with Crippen LogP contribution in [0.25, 0.3) is 23.3 Å². The molecule has 0 radical (unpaired) electrons. The number of amides is 1. The molecule has 0 aliphatic carbocycles. The Kier molecular flexibility index (Phi) is 6.36. The van der Waals surface area contributed by atoms with E-state index in [1.165, 1.54) is 0 Å². The van der Waals surface area contributed by atoms with Gasteiger partial charge in [-0.25, -0.2) is 4.98 Å². The summed E-state index contributed by atoms with van der Waals surface area (Å²) in [6.07, 6.45) is 3.66. The smallest absolute Gasteiger partial charge is 0.262 e. The average Bonchev–Trinajstić information content (AvgIpc) is 3.25. The minimum Gasteiger partial charge on any atom is -0.497 e. The lowest BCUT2D eigenvalue weighted by atomic mass is 10.2. The molecule has 0 fully saturated rings. The first-order valence-electron chi connectivity index (χ1n) is 9.93. The van der Waals surface area contributed by atoms with Gasteiger partial charge in [0.05, 0.1) is 14.2 Å². The molecule has 162 valence electrons. The Balaban J connectivity index is 1.38. The number of nitrogens with zero attached hydrogens (tertiary/aromatic N) is 1. The van der Waals surface area contributed by atoms with Gasteiger partial charge in [-0.2, -0.15) is 0 Å². The second-order valence-corrected chi connectivity index (χ2v) is 6.83. The number of methoxy groups -OCH3 is 2. The highest BCUT2D eigenvalue weighted by molar-refractivity contribution is 5.92. The van der Waals surface area contributed by atoms with Gasteiger partial charge in [0.2, 0.25) is 5.89 Å². The molecule has 0 aliphatic heterocycles. The molecule has 0 unspecified atom stereocenters. The molecule has 4 rings (SSSR count). The Morgan fingerprint density at radius 1 is 0.969 bits per heavy atom. The van der Waals surface area contributed by atoms with Crippen LogP contribution in [-0.2, 0) is 4.79 Å². The molecule has 3 aromatic carbocycles. The molecule has 32 heavy (non-hydrogen) atoms. The second kappa shape index (κ2) is 9.70. The van der Waals surface area contributed by atoms with E-state index >= 15 is 0 Å². The highest BCUT2D eigenvalue weighted by atomic mass is 16.5. The summed E-state index contributed by atoms with van der Waals surface area (Å²) in [4.78, 5) is 16.6. The van der Waals surface area contributed by atoms with Gasteiger partial charge in [0.15, 0.2) is 23.7 Å². The molecule has 4 aromatic rings. The Morgan fingerprint density at radius 3 is 2.53 bits per heavy atom. The maximum atomic E-state index is 12.2. The van der Waals surface area contributed by atoms with Crippen LogP contribution < -0.4 is 19.5 Å². The van der Waals surface area contributed by atoms with Gasteiger partial charge in [0.1, 0.15) is 11.3 Å². The summed E-state index contributed by atoms with van der Waals surface area (Å²) in [5, 5.41) is 2.77. The van der Waals surface area contributed by atoms with Crippen molar-refractivity contribution in [3.8, 4) is 17.2 Å². The Hall–Kier alpha value is -4.26. The number of hydrogen-bond donors (Lipinski definition) is 1. The predicted octanol–water partition coefficient (Wildman–Crippen LogP) is 5.03. The van der Waals surface area contributed by atoms with Crippen LogP contribution >= 0.6 is 0 Å². The van der Waals surface area contributed by atoms with Crippen LogP contribution in [0, 0.1) is 0 Å². The molecule has 1 heterocycles. The van der Waals surface area contributed by atoms with Gasteiger partial charge in [-0.3, -0.25) is 4.79 Å². The number of nitrogens with one attached hydrogen (secondary N) is 1.